The molecule has 0 N–H and O–H groups in total. The molecule has 40 heavy (non-hydrogen) atoms. The lowest BCUT2D eigenvalue weighted by Crippen LogP contribution is -2.53. The fraction of sp³-hybridized carbons (Fsp3) is 0.483. The minimum absolute atomic E-state index is 0.116. The van der Waals surface area contributed by atoms with E-state index in [1.54, 1.807) is 45.3 Å². The number of ether oxygens (including phenoxy) is 2. The highest BCUT2D eigenvalue weighted by Crippen LogP contribution is 2.31. The van der Waals surface area contributed by atoms with Gasteiger partial charge in [-0.3, -0.25) is 9.69 Å². The standard InChI is InChI=1S/C29H37N3O7S/c1-20-11-17-25(18-12-20)40(36,37)31-19-7-10-26(31)27(33)32(21(2)28(34)38-23-8-5-6-9-23)22-13-15-24(16-14-22)39-29(35)30(3)4/h11-18,21,23,26H,5-10,19H2,1-4H3/t21-,26-/m0/s1. The molecule has 2 fully saturated rings. The zero-order chi connectivity index (χ0) is 29.0. The number of carbonyl (C=O) groups is 3. The summed E-state index contributed by atoms with van der Waals surface area (Å²) in [5.74, 6) is -0.795. The topological polar surface area (TPSA) is 114 Å². The van der Waals surface area contributed by atoms with E-state index >= 15 is 0 Å². The van der Waals surface area contributed by atoms with E-state index in [1.165, 1.54) is 38.4 Å². The van der Waals surface area contributed by atoms with Crippen molar-refractivity contribution >= 4 is 33.7 Å². The van der Waals surface area contributed by atoms with Crippen LogP contribution < -0.4 is 9.64 Å². The maximum absolute atomic E-state index is 14.1. The highest BCUT2D eigenvalue weighted by atomic mass is 32.2. The molecule has 0 unspecified atom stereocenters. The number of aryl methyl sites for hydroxylation is 1. The third-order valence-electron chi connectivity index (χ3n) is 7.35. The van der Waals surface area contributed by atoms with E-state index in [0.29, 0.717) is 18.5 Å². The second-order valence-electron chi connectivity index (χ2n) is 10.6. The number of nitrogens with zero attached hydrogens (tertiary/aromatic N) is 3. The molecule has 1 aliphatic heterocycles. The predicted molar refractivity (Wildman–Crippen MR) is 150 cm³/mol. The molecule has 216 valence electrons. The summed E-state index contributed by atoms with van der Waals surface area (Å²) in [7, 11) is -0.826. The number of hydrogen-bond acceptors (Lipinski definition) is 7. The number of carbonyl (C=O) groups excluding carboxylic acids is 3. The molecule has 0 bridgehead atoms. The first-order valence-electron chi connectivity index (χ1n) is 13.6. The molecule has 2 amide bonds. The summed E-state index contributed by atoms with van der Waals surface area (Å²) >= 11 is 0. The van der Waals surface area contributed by atoms with Gasteiger partial charge in [0, 0.05) is 26.3 Å². The van der Waals surface area contributed by atoms with Crippen LogP contribution in [0.4, 0.5) is 10.5 Å². The Labute approximate surface area is 235 Å². The van der Waals surface area contributed by atoms with Crippen molar-refractivity contribution in [1.29, 1.82) is 0 Å². The van der Waals surface area contributed by atoms with E-state index in [0.717, 1.165) is 31.2 Å². The van der Waals surface area contributed by atoms with Crippen molar-refractivity contribution < 1.29 is 32.3 Å². The maximum atomic E-state index is 14.1. The van der Waals surface area contributed by atoms with Gasteiger partial charge in [-0.25, -0.2) is 18.0 Å². The predicted octanol–water partition coefficient (Wildman–Crippen LogP) is 4.12. The monoisotopic (exact) mass is 571 g/mol. The second-order valence-corrected chi connectivity index (χ2v) is 12.5. The molecule has 0 radical (unpaired) electrons. The molecule has 1 heterocycles. The van der Waals surface area contributed by atoms with Crippen LogP contribution in [-0.2, 0) is 24.3 Å². The van der Waals surface area contributed by atoms with E-state index in [9.17, 15) is 22.8 Å². The Morgan fingerprint density at radius 3 is 2.15 bits per heavy atom. The average Bonchev–Trinajstić information content (AvgIpc) is 3.62. The lowest BCUT2D eigenvalue weighted by atomic mass is 10.1. The Morgan fingerprint density at radius 1 is 0.925 bits per heavy atom. The Bertz CT molecular complexity index is 1320. The molecular formula is C29H37N3O7S. The number of anilines is 1. The zero-order valence-electron chi connectivity index (χ0n) is 23.4. The van der Waals surface area contributed by atoms with Gasteiger partial charge in [0.15, 0.2) is 0 Å². The van der Waals surface area contributed by atoms with E-state index < -0.39 is 40.1 Å². The molecule has 2 aromatic carbocycles. The van der Waals surface area contributed by atoms with Gasteiger partial charge in [0.25, 0.3) is 0 Å². The molecule has 1 saturated heterocycles. The second kappa shape index (κ2) is 12.4. The van der Waals surface area contributed by atoms with Crippen LogP contribution in [-0.4, -0.2) is 74.4 Å². The molecule has 1 aliphatic carbocycles. The van der Waals surface area contributed by atoms with E-state index in [4.69, 9.17) is 9.47 Å². The van der Waals surface area contributed by atoms with Crippen LogP contribution in [0.1, 0.15) is 51.0 Å². The Kier molecular flexibility index (Phi) is 9.15. The van der Waals surface area contributed by atoms with Crippen LogP contribution in [0.2, 0.25) is 0 Å². The van der Waals surface area contributed by atoms with E-state index in [1.807, 2.05) is 6.92 Å². The Morgan fingerprint density at radius 2 is 1.55 bits per heavy atom. The molecule has 10 nitrogen and oxygen atoms in total. The molecule has 0 aromatic heterocycles. The third-order valence-corrected chi connectivity index (χ3v) is 9.27. The summed E-state index contributed by atoms with van der Waals surface area (Å²) in [6, 6.07) is 10.7. The van der Waals surface area contributed by atoms with Gasteiger partial charge in [-0.2, -0.15) is 4.31 Å². The van der Waals surface area contributed by atoms with Crippen LogP contribution in [0.5, 0.6) is 5.75 Å². The summed E-state index contributed by atoms with van der Waals surface area (Å²) in [5.41, 5.74) is 1.29. The molecule has 0 spiro atoms. The number of rotatable bonds is 8. The normalized spacial score (nSPS) is 18.8. The number of hydrogen-bond donors (Lipinski definition) is 0. The van der Waals surface area contributed by atoms with Crippen molar-refractivity contribution in [3.8, 4) is 5.75 Å². The smallest absolute Gasteiger partial charge is 0.414 e. The van der Waals surface area contributed by atoms with Gasteiger partial charge in [-0.1, -0.05) is 17.7 Å². The molecule has 2 aromatic rings. The van der Waals surface area contributed by atoms with Gasteiger partial charge in [-0.15, -0.1) is 0 Å². The van der Waals surface area contributed by atoms with Crippen LogP contribution >= 0.6 is 0 Å². The van der Waals surface area contributed by atoms with Crippen LogP contribution in [0.3, 0.4) is 0 Å². The first-order valence-corrected chi connectivity index (χ1v) is 15.0. The lowest BCUT2D eigenvalue weighted by molar-refractivity contribution is -0.151. The first-order chi connectivity index (χ1) is 19.0. The molecule has 11 heteroatoms. The maximum Gasteiger partial charge on any atom is 0.414 e. The Balaban J connectivity index is 1.64. The lowest BCUT2D eigenvalue weighted by Gasteiger charge is -2.33. The summed E-state index contributed by atoms with van der Waals surface area (Å²) in [6.45, 7) is 3.65. The van der Waals surface area contributed by atoms with Crippen LogP contribution in [0, 0.1) is 6.92 Å². The van der Waals surface area contributed by atoms with Gasteiger partial charge in [0.1, 0.15) is 23.9 Å². The van der Waals surface area contributed by atoms with Gasteiger partial charge >= 0.3 is 12.1 Å². The van der Waals surface area contributed by atoms with E-state index in [-0.39, 0.29) is 23.3 Å². The first kappa shape index (κ1) is 29.5. The average molecular weight is 572 g/mol. The summed E-state index contributed by atoms with van der Waals surface area (Å²) < 4.78 is 39.4. The molecule has 2 aliphatic rings. The van der Waals surface area contributed by atoms with Gasteiger partial charge in [-0.05, 0) is 88.8 Å². The van der Waals surface area contributed by atoms with Crippen molar-refractivity contribution in [2.24, 2.45) is 0 Å². The van der Waals surface area contributed by atoms with Gasteiger partial charge < -0.3 is 14.4 Å². The fourth-order valence-corrected chi connectivity index (χ4v) is 6.71. The van der Waals surface area contributed by atoms with Crippen molar-refractivity contribution in [1.82, 2.24) is 9.21 Å². The minimum atomic E-state index is -3.95. The van der Waals surface area contributed by atoms with Crippen LogP contribution in [0.25, 0.3) is 0 Å². The number of benzene rings is 2. The van der Waals surface area contributed by atoms with Crippen molar-refractivity contribution in [2.75, 3.05) is 25.5 Å². The molecule has 1 saturated carbocycles. The van der Waals surface area contributed by atoms with Crippen molar-refractivity contribution in [2.45, 2.75) is 75.5 Å². The van der Waals surface area contributed by atoms with Gasteiger partial charge in [0.2, 0.25) is 15.9 Å². The summed E-state index contributed by atoms with van der Waals surface area (Å²) in [4.78, 5) is 42.0. The molecule has 2 atom stereocenters. The highest BCUT2D eigenvalue weighted by molar-refractivity contribution is 7.89. The fourth-order valence-electron chi connectivity index (χ4n) is 5.06. The molecular weight excluding hydrogens is 534 g/mol. The number of sulfonamides is 1. The van der Waals surface area contributed by atoms with Crippen molar-refractivity contribution in [3.63, 3.8) is 0 Å². The Hall–Kier alpha value is -3.44. The zero-order valence-corrected chi connectivity index (χ0v) is 24.2. The third kappa shape index (κ3) is 6.47. The number of amides is 2. The SMILES string of the molecule is Cc1ccc(S(=O)(=O)N2CCC[C@H]2C(=O)N(c2ccc(OC(=O)N(C)C)cc2)[C@@H](C)C(=O)OC2CCCC2)cc1. The highest BCUT2D eigenvalue weighted by Gasteiger charge is 2.43. The largest absolute Gasteiger partial charge is 0.461 e. The quantitative estimate of drug-likeness (QED) is 0.438. The summed E-state index contributed by atoms with van der Waals surface area (Å²) in [6.07, 6.45) is 3.61. The minimum Gasteiger partial charge on any atom is -0.461 e. The molecule has 4 rings (SSSR count). The van der Waals surface area contributed by atoms with Crippen LogP contribution in [0.15, 0.2) is 53.4 Å². The summed E-state index contributed by atoms with van der Waals surface area (Å²) in [5, 5.41) is 0. The van der Waals surface area contributed by atoms with E-state index in [2.05, 4.69) is 0 Å². The number of esters is 1. The van der Waals surface area contributed by atoms with Crippen molar-refractivity contribution in [3.05, 3.63) is 54.1 Å². The van der Waals surface area contributed by atoms with Gasteiger partial charge in [0.05, 0.1) is 4.90 Å².